The lowest BCUT2D eigenvalue weighted by Gasteiger charge is -2.04. The molecule has 3 rings (SSSR count). The summed E-state index contributed by atoms with van der Waals surface area (Å²) in [4.78, 5) is 20.3. The Morgan fingerprint density at radius 3 is 2.78 bits per heavy atom. The summed E-state index contributed by atoms with van der Waals surface area (Å²) in [6, 6.07) is 11.5. The third-order valence-electron chi connectivity index (χ3n) is 3.30. The molecule has 2 N–H and O–H groups in total. The number of carbonyl (C=O) groups is 1. The predicted octanol–water partition coefficient (Wildman–Crippen LogP) is 2.06. The van der Waals surface area contributed by atoms with Crippen molar-refractivity contribution in [1.82, 2.24) is 9.97 Å². The number of carboxylic acids is 1. The predicted molar refractivity (Wildman–Crippen MR) is 88.6 cm³/mol. The second-order valence-electron chi connectivity index (χ2n) is 5.17. The van der Waals surface area contributed by atoms with E-state index >= 15 is 0 Å². The smallest absolute Gasteiger partial charge is 0.123 e. The summed E-state index contributed by atoms with van der Waals surface area (Å²) >= 11 is 1.34. The zero-order valence-corrected chi connectivity index (χ0v) is 13.3. The SMILES string of the molecule is Cc1cccc(-c2nc(CC(=O)[O-])sc2-c2ccnc(N)c2)c1. The molecule has 1 aromatic carbocycles. The summed E-state index contributed by atoms with van der Waals surface area (Å²) in [6.07, 6.45) is 1.42. The van der Waals surface area contributed by atoms with E-state index in [1.807, 2.05) is 37.3 Å². The number of benzene rings is 1. The van der Waals surface area contributed by atoms with Crippen molar-refractivity contribution in [2.24, 2.45) is 0 Å². The number of nitrogens with two attached hydrogens (primary N) is 1. The third kappa shape index (κ3) is 3.37. The maximum Gasteiger partial charge on any atom is 0.123 e. The Kier molecular flexibility index (Phi) is 4.08. The first-order chi connectivity index (χ1) is 11.0. The Hall–Kier alpha value is -2.73. The number of hydrogen-bond donors (Lipinski definition) is 1. The molecule has 2 heterocycles. The van der Waals surface area contributed by atoms with Crippen LogP contribution in [0.4, 0.5) is 5.82 Å². The van der Waals surface area contributed by atoms with Gasteiger partial charge in [0.2, 0.25) is 0 Å². The highest BCUT2D eigenvalue weighted by Gasteiger charge is 2.15. The van der Waals surface area contributed by atoms with Crippen LogP contribution in [0.1, 0.15) is 10.6 Å². The number of hydrogen-bond acceptors (Lipinski definition) is 6. The summed E-state index contributed by atoms with van der Waals surface area (Å²) in [5, 5.41) is 11.4. The number of rotatable bonds is 4. The molecule has 0 aliphatic carbocycles. The van der Waals surface area contributed by atoms with Gasteiger partial charge >= 0.3 is 0 Å². The molecule has 0 fully saturated rings. The molecule has 3 aromatic rings. The van der Waals surface area contributed by atoms with Crippen molar-refractivity contribution < 1.29 is 9.90 Å². The summed E-state index contributed by atoms with van der Waals surface area (Å²) < 4.78 is 0. The Bertz CT molecular complexity index is 811. The summed E-state index contributed by atoms with van der Waals surface area (Å²) in [5.41, 5.74) is 9.44. The van der Waals surface area contributed by atoms with Gasteiger partial charge in [0.1, 0.15) is 5.82 Å². The molecule has 6 heteroatoms. The number of carboxylic acid groups (broad SMARTS) is 1. The first-order valence-electron chi connectivity index (χ1n) is 7.01. The van der Waals surface area contributed by atoms with Crippen molar-refractivity contribution in [3.63, 3.8) is 0 Å². The van der Waals surface area contributed by atoms with Crippen LogP contribution < -0.4 is 10.8 Å². The fourth-order valence-corrected chi connectivity index (χ4v) is 3.40. The minimum absolute atomic E-state index is 0.204. The van der Waals surface area contributed by atoms with Gasteiger partial charge in [0.15, 0.2) is 0 Å². The lowest BCUT2D eigenvalue weighted by atomic mass is 10.1. The zero-order valence-electron chi connectivity index (χ0n) is 12.4. The van der Waals surface area contributed by atoms with Gasteiger partial charge in [-0.15, -0.1) is 11.3 Å². The van der Waals surface area contributed by atoms with Gasteiger partial charge < -0.3 is 15.6 Å². The molecule has 0 atom stereocenters. The van der Waals surface area contributed by atoms with Gasteiger partial charge in [-0.3, -0.25) is 0 Å². The van der Waals surface area contributed by atoms with Crippen molar-refractivity contribution in [2.75, 3.05) is 5.73 Å². The first-order valence-corrected chi connectivity index (χ1v) is 7.83. The van der Waals surface area contributed by atoms with Crippen LogP contribution >= 0.6 is 11.3 Å². The van der Waals surface area contributed by atoms with E-state index in [4.69, 9.17) is 5.73 Å². The van der Waals surface area contributed by atoms with Crippen molar-refractivity contribution in [3.05, 3.63) is 53.2 Å². The van der Waals surface area contributed by atoms with Crippen molar-refractivity contribution in [3.8, 4) is 21.7 Å². The number of thiazole rings is 1. The van der Waals surface area contributed by atoms with Gasteiger partial charge in [0.25, 0.3) is 0 Å². The number of nitrogen functional groups attached to an aromatic ring is 1. The highest BCUT2D eigenvalue weighted by Crippen LogP contribution is 2.37. The third-order valence-corrected chi connectivity index (χ3v) is 4.41. The summed E-state index contributed by atoms with van der Waals surface area (Å²) in [6.45, 7) is 2.00. The van der Waals surface area contributed by atoms with Crippen molar-refractivity contribution in [1.29, 1.82) is 0 Å². The van der Waals surface area contributed by atoms with Gasteiger partial charge in [-0.2, -0.15) is 0 Å². The van der Waals surface area contributed by atoms with E-state index < -0.39 is 5.97 Å². The van der Waals surface area contributed by atoms with Crippen LogP contribution in [0.5, 0.6) is 0 Å². The van der Waals surface area contributed by atoms with Crippen LogP contribution in [-0.2, 0) is 11.2 Å². The van der Waals surface area contributed by atoms with Crippen LogP contribution in [0.15, 0.2) is 42.6 Å². The number of aromatic nitrogens is 2. The topological polar surface area (TPSA) is 91.9 Å². The van der Waals surface area contributed by atoms with Crippen LogP contribution in [0.3, 0.4) is 0 Å². The van der Waals surface area contributed by atoms with E-state index in [1.165, 1.54) is 11.3 Å². The van der Waals surface area contributed by atoms with E-state index in [0.29, 0.717) is 10.8 Å². The number of nitrogens with zero attached hydrogens (tertiary/aromatic N) is 2. The molecule has 116 valence electrons. The fraction of sp³-hybridized carbons (Fsp3) is 0.118. The fourth-order valence-electron chi connectivity index (χ4n) is 2.34. The van der Waals surface area contributed by atoms with Gasteiger partial charge in [-0.05, 0) is 30.7 Å². The number of pyridine rings is 1. The molecule has 0 amide bonds. The average Bonchev–Trinajstić information content (AvgIpc) is 2.90. The van der Waals surface area contributed by atoms with Crippen LogP contribution in [0.2, 0.25) is 0 Å². The van der Waals surface area contributed by atoms with Gasteiger partial charge in [-0.1, -0.05) is 23.8 Å². The molecule has 0 aliphatic heterocycles. The second-order valence-corrected chi connectivity index (χ2v) is 6.26. The van der Waals surface area contributed by atoms with Gasteiger partial charge in [-0.25, -0.2) is 9.97 Å². The van der Waals surface area contributed by atoms with Crippen LogP contribution in [-0.4, -0.2) is 15.9 Å². The standard InChI is InChI=1S/C17H15N3O2S/c1-10-3-2-4-11(7-10)16-17(12-5-6-19-13(18)8-12)23-14(20-16)9-15(21)22/h2-8H,9H2,1H3,(H2,18,19)(H,21,22)/p-1. The van der Waals surface area contributed by atoms with Gasteiger partial charge in [0, 0.05) is 24.2 Å². The van der Waals surface area contributed by atoms with E-state index in [0.717, 1.165) is 27.3 Å². The van der Waals surface area contributed by atoms with E-state index in [1.54, 1.807) is 12.3 Å². The maximum absolute atomic E-state index is 10.9. The largest absolute Gasteiger partial charge is 0.550 e. The van der Waals surface area contributed by atoms with E-state index in [2.05, 4.69) is 9.97 Å². The Balaban J connectivity index is 2.16. The quantitative estimate of drug-likeness (QED) is 0.793. The molecule has 2 aromatic heterocycles. The number of anilines is 1. The van der Waals surface area contributed by atoms with Crippen LogP contribution in [0, 0.1) is 6.92 Å². The Labute approximate surface area is 137 Å². The van der Waals surface area contributed by atoms with Crippen LogP contribution in [0.25, 0.3) is 21.7 Å². The minimum Gasteiger partial charge on any atom is -0.550 e. The lowest BCUT2D eigenvalue weighted by Crippen LogP contribution is -2.24. The Morgan fingerprint density at radius 2 is 2.09 bits per heavy atom. The van der Waals surface area contributed by atoms with Crippen molar-refractivity contribution in [2.45, 2.75) is 13.3 Å². The molecule has 23 heavy (non-hydrogen) atoms. The van der Waals surface area contributed by atoms with E-state index in [-0.39, 0.29) is 6.42 Å². The molecule has 0 unspecified atom stereocenters. The Morgan fingerprint density at radius 1 is 1.26 bits per heavy atom. The normalized spacial score (nSPS) is 10.7. The number of aliphatic carboxylic acids is 1. The molecule has 5 nitrogen and oxygen atoms in total. The number of carbonyl (C=O) groups excluding carboxylic acids is 1. The molecule has 0 bridgehead atoms. The first kappa shape index (κ1) is 15.2. The molecule has 0 aliphatic rings. The average molecular weight is 324 g/mol. The van der Waals surface area contributed by atoms with Gasteiger partial charge in [0.05, 0.1) is 15.6 Å². The lowest BCUT2D eigenvalue weighted by molar-refractivity contribution is -0.304. The molecule has 0 radical (unpaired) electrons. The molecule has 0 saturated heterocycles. The molecular weight excluding hydrogens is 310 g/mol. The number of aryl methyl sites for hydroxylation is 1. The summed E-state index contributed by atoms with van der Waals surface area (Å²) in [5.74, 6) is -0.733. The monoisotopic (exact) mass is 324 g/mol. The van der Waals surface area contributed by atoms with Crippen molar-refractivity contribution >= 4 is 23.1 Å². The zero-order chi connectivity index (χ0) is 16.4. The summed E-state index contributed by atoms with van der Waals surface area (Å²) in [7, 11) is 0. The molecule has 0 saturated carbocycles. The van der Waals surface area contributed by atoms with E-state index in [9.17, 15) is 9.90 Å². The second kappa shape index (κ2) is 6.18. The molecular formula is C17H14N3O2S-. The molecule has 0 spiro atoms. The minimum atomic E-state index is -1.14. The highest BCUT2D eigenvalue weighted by atomic mass is 32.1. The highest BCUT2D eigenvalue weighted by molar-refractivity contribution is 7.15. The maximum atomic E-state index is 10.9.